The molecule has 4 rings (SSSR count). The van der Waals surface area contributed by atoms with Crippen molar-refractivity contribution in [3.63, 3.8) is 0 Å². The monoisotopic (exact) mass is 323 g/mol. The van der Waals surface area contributed by atoms with Crippen molar-refractivity contribution < 1.29 is 9.15 Å². The van der Waals surface area contributed by atoms with Crippen molar-refractivity contribution in [2.75, 3.05) is 18.5 Å². The minimum atomic E-state index is 0.210. The molecule has 124 valence electrons. The highest BCUT2D eigenvalue weighted by Crippen LogP contribution is 2.35. The fourth-order valence-electron chi connectivity index (χ4n) is 3.70. The third-order valence-electron chi connectivity index (χ3n) is 4.90. The van der Waals surface area contributed by atoms with Crippen molar-refractivity contribution >= 4 is 5.82 Å². The molecular weight excluding hydrogens is 302 g/mol. The number of furan rings is 1. The Balaban J connectivity index is 1.74. The normalized spacial score (nSPS) is 19.7. The first-order chi connectivity index (χ1) is 11.9. The highest BCUT2D eigenvalue weighted by molar-refractivity contribution is 5.69. The maximum atomic E-state index is 9.70. The van der Waals surface area contributed by atoms with E-state index in [0.29, 0.717) is 17.9 Å². The summed E-state index contributed by atoms with van der Waals surface area (Å²) in [5, 5.41) is 13.1. The van der Waals surface area contributed by atoms with E-state index in [1.807, 2.05) is 12.1 Å². The molecule has 0 radical (unpaired) electrons. The van der Waals surface area contributed by atoms with Gasteiger partial charge in [0.05, 0.1) is 17.9 Å². The lowest BCUT2D eigenvalue weighted by Gasteiger charge is -2.22. The summed E-state index contributed by atoms with van der Waals surface area (Å²) in [6.07, 6.45) is 8.19. The molecule has 1 atom stereocenters. The Bertz CT molecular complexity index is 756. The summed E-state index contributed by atoms with van der Waals surface area (Å²) in [7, 11) is 0. The molecule has 2 aromatic heterocycles. The maximum absolute atomic E-state index is 9.70. The van der Waals surface area contributed by atoms with E-state index in [1.165, 1.54) is 5.56 Å². The van der Waals surface area contributed by atoms with Crippen LogP contribution < -0.4 is 5.32 Å². The molecule has 1 aliphatic carbocycles. The fraction of sp³-hybridized carbons (Fsp3) is 0.474. The number of rotatable bonds is 4. The van der Waals surface area contributed by atoms with Crippen molar-refractivity contribution in [1.82, 2.24) is 4.98 Å². The zero-order valence-electron chi connectivity index (χ0n) is 13.7. The summed E-state index contributed by atoms with van der Waals surface area (Å²) in [5.74, 6) is 1.44. The minimum absolute atomic E-state index is 0.210. The molecule has 1 N–H and O–H groups in total. The van der Waals surface area contributed by atoms with Crippen LogP contribution in [-0.2, 0) is 17.6 Å². The number of pyridine rings is 1. The second-order valence-corrected chi connectivity index (χ2v) is 6.45. The average Bonchev–Trinajstić information content (AvgIpc) is 3.32. The lowest BCUT2D eigenvalue weighted by Crippen LogP contribution is -2.21. The minimum Gasteiger partial charge on any atom is -0.463 e. The van der Waals surface area contributed by atoms with Gasteiger partial charge in [-0.2, -0.15) is 5.26 Å². The lowest BCUT2D eigenvalue weighted by atomic mass is 9.87. The maximum Gasteiger partial charge on any atom is 0.152 e. The predicted molar refractivity (Wildman–Crippen MR) is 90.8 cm³/mol. The molecule has 0 aromatic carbocycles. The Morgan fingerprint density at radius 2 is 2.12 bits per heavy atom. The molecule has 1 unspecified atom stereocenters. The molecule has 0 bridgehead atoms. The third-order valence-corrected chi connectivity index (χ3v) is 4.90. The summed E-state index contributed by atoms with van der Waals surface area (Å²) in [5.41, 5.74) is 3.89. The molecule has 1 aliphatic heterocycles. The van der Waals surface area contributed by atoms with E-state index < -0.39 is 0 Å². The molecule has 0 saturated carbocycles. The van der Waals surface area contributed by atoms with E-state index in [9.17, 15) is 5.26 Å². The van der Waals surface area contributed by atoms with Gasteiger partial charge in [-0.1, -0.05) is 0 Å². The fourth-order valence-corrected chi connectivity index (χ4v) is 3.70. The molecular formula is C19H21N3O2. The summed E-state index contributed by atoms with van der Waals surface area (Å²) in [4.78, 5) is 4.78. The van der Waals surface area contributed by atoms with Gasteiger partial charge in [-0.3, -0.25) is 0 Å². The number of hydrogen-bond donors (Lipinski definition) is 1. The van der Waals surface area contributed by atoms with Crippen LogP contribution in [0.1, 0.15) is 42.4 Å². The third kappa shape index (κ3) is 2.78. The zero-order valence-corrected chi connectivity index (χ0v) is 13.7. The summed E-state index contributed by atoms with van der Waals surface area (Å²) < 4.78 is 11.3. The second kappa shape index (κ2) is 6.66. The lowest BCUT2D eigenvalue weighted by molar-refractivity contribution is 0.120. The number of ether oxygens (including phenoxy) is 1. The Kier molecular flexibility index (Phi) is 4.22. The van der Waals surface area contributed by atoms with E-state index in [0.717, 1.165) is 62.1 Å². The summed E-state index contributed by atoms with van der Waals surface area (Å²) in [6, 6.07) is 6.19. The zero-order chi connectivity index (χ0) is 16.4. The van der Waals surface area contributed by atoms with Crippen LogP contribution >= 0.6 is 0 Å². The number of fused-ring (bicyclic) bond motifs is 1. The Morgan fingerprint density at radius 3 is 2.83 bits per heavy atom. The molecule has 3 heterocycles. The van der Waals surface area contributed by atoms with Gasteiger partial charge in [0, 0.05) is 13.2 Å². The summed E-state index contributed by atoms with van der Waals surface area (Å²) >= 11 is 0. The standard InChI is InChI=1S/C19H21N3O2/c20-11-16-14-6-1-2-7-15(14)18(17-8-4-10-24-17)22-19(16)21-12-13-5-3-9-23-13/h4,8,10,13H,1-3,5-7,9,12H2,(H,21,22). The number of nitrogens with one attached hydrogen (secondary N) is 1. The van der Waals surface area contributed by atoms with E-state index in [2.05, 4.69) is 11.4 Å². The van der Waals surface area contributed by atoms with Crippen LogP contribution in [0.3, 0.4) is 0 Å². The predicted octanol–water partition coefficient (Wildman–Crippen LogP) is 3.68. The highest BCUT2D eigenvalue weighted by atomic mass is 16.5. The van der Waals surface area contributed by atoms with Gasteiger partial charge in [0.1, 0.15) is 17.6 Å². The van der Waals surface area contributed by atoms with Crippen LogP contribution in [0.25, 0.3) is 11.5 Å². The molecule has 5 nitrogen and oxygen atoms in total. The van der Waals surface area contributed by atoms with Gasteiger partial charge in [-0.15, -0.1) is 0 Å². The van der Waals surface area contributed by atoms with Crippen molar-refractivity contribution in [3.8, 4) is 17.5 Å². The molecule has 5 heteroatoms. The van der Waals surface area contributed by atoms with Gasteiger partial charge in [0.25, 0.3) is 0 Å². The van der Waals surface area contributed by atoms with Gasteiger partial charge in [-0.25, -0.2) is 4.98 Å². The Hall–Kier alpha value is -2.32. The van der Waals surface area contributed by atoms with Crippen LogP contribution in [-0.4, -0.2) is 24.2 Å². The molecule has 2 aromatic rings. The van der Waals surface area contributed by atoms with Gasteiger partial charge >= 0.3 is 0 Å². The molecule has 1 fully saturated rings. The quantitative estimate of drug-likeness (QED) is 0.929. The van der Waals surface area contributed by atoms with Crippen molar-refractivity contribution in [3.05, 3.63) is 35.1 Å². The van der Waals surface area contributed by atoms with Gasteiger partial charge in [0.15, 0.2) is 5.76 Å². The molecule has 0 spiro atoms. The number of nitriles is 1. The number of aromatic nitrogens is 1. The van der Waals surface area contributed by atoms with Gasteiger partial charge in [-0.05, 0) is 61.8 Å². The second-order valence-electron chi connectivity index (χ2n) is 6.45. The largest absolute Gasteiger partial charge is 0.463 e. The van der Waals surface area contributed by atoms with Gasteiger partial charge in [0.2, 0.25) is 0 Å². The SMILES string of the molecule is N#Cc1c(NCC2CCCO2)nc(-c2ccco2)c2c1CCCC2. The molecule has 0 amide bonds. The topological polar surface area (TPSA) is 71.1 Å². The molecule has 2 aliphatic rings. The van der Waals surface area contributed by atoms with Crippen LogP contribution in [0.5, 0.6) is 0 Å². The van der Waals surface area contributed by atoms with E-state index >= 15 is 0 Å². The molecule has 24 heavy (non-hydrogen) atoms. The van der Waals surface area contributed by atoms with E-state index in [1.54, 1.807) is 6.26 Å². The number of nitrogens with zero attached hydrogens (tertiary/aromatic N) is 2. The first kappa shape index (κ1) is 15.2. The number of anilines is 1. The summed E-state index contributed by atoms with van der Waals surface area (Å²) in [6.45, 7) is 1.52. The first-order valence-corrected chi connectivity index (χ1v) is 8.72. The van der Waals surface area contributed by atoms with E-state index in [4.69, 9.17) is 14.1 Å². The highest BCUT2D eigenvalue weighted by Gasteiger charge is 2.24. The van der Waals surface area contributed by atoms with Crippen LogP contribution in [0.4, 0.5) is 5.82 Å². The Labute approximate surface area is 141 Å². The smallest absolute Gasteiger partial charge is 0.152 e. The van der Waals surface area contributed by atoms with Gasteiger partial charge < -0.3 is 14.5 Å². The Morgan fingerprint density at radius 1 is 1.25 bits per heavy atom. The van der Waals surface area contributed by atoms with Crippen molar-refractivity contribution in [2.45, 2.75) is 44.6 Å². The first-order valence-electron chi connectivity index (χ1n) is 8.72. The van der Waals surface area contributed by atoms with Crippen LogP contribution in [0.2, 0.25) is 0 Å². The van der Waals surface area contributed by atoms with Crippen molar-refractivity contribution in [2.24, 2.45) is 0 Å². The molecule has 1 saturated heterocycles. The van der Waals surface area contributed by atoms with Crippen LogP contribution in [0.15, 0.2) is 22.8 Å². The van der Waals surface area contributed by atoms with Crippen LogP contribution in [0, 0.1) is 11.3 Å². The number of hydrogen-bond acceptors (Lipinski definition) is 5. The van der Waals surface area contributed by atoms with Crippen molar-refractivity contribution in [1.29, 1.82) is 5.26 Å². The average molecular weight is 323 g/mol. The van der Waals surface area contributed by atoms with E-state index in [-0.39, 0.29) is 6.10 Å².